The minimum atomic E-state index is -0.688. The lowest BCUT2D eigenvalue weighted by Gasteiger charge is -2.05. The number of nitrogens with one attached hydrogen (secondary N) is 2. The first kappa shape index (κ1) is 12.9. The molecule has 0 aliphatic rings. The zero-order valence-corrected chi connectivity index (χ0v) is 10.2. The molecular weight excluding hydrogens is 251 g/mol. The van der Waals surface area contributed by atoms with E-state index >= 15 is 0 Å². The van der Waals surface area contributed by atoms with Crippen LogP contribution in [-0.2, 0) is 11.3 Å². The predicted molar refractivity (Wildman–Crippen MR) is 67.5 cm³/mol. The Bertz CT molecular complexity index is 595. The molecule has 0 saturated heterocycles. The summed E-state index contributed by atoms with van der Waals surface area (Å²) < 4.78 is 17.7. The third kappa shape index (κ3) is 3.04. The third-order valence-corrected chi connectivity index (χ3v) is 2.58. The standard InChI is InChI=1S/C13H13FN2O3/c1-19-13(18)11-4-2-9(16-11)7-15-8-3-5-12(17)10(14)6-8/h2-6,15-17H,7H2,1H3. The van der Waals surface area contributed by atoms with Crippen molar-refractivity contribution in [2.75, 3.05) is 12.4 Å². The Kier molecular flexibility index (Phi) is 3.70. The van der Waals surface area contributed by atoms with Gasteiger partial charge in [0.1, 0.15) is 5.69 Å². The van der Waals surface area contributed by atoms with Crippen molar-refractivity contribution < 1.29 is 19.0 Å². The Morgan fingerprint density at radius 1 is 1.42 bits per heavy atom. The summed E-state index contributed by atoms with van der Waals surface area (Å²) in [5, 5.41) is 12.0. The van der Waals surface area contributed by atoms with Gasteiger partial charge in [0.05, 0.1) is 13.7 Å². The monoisotopic (exact) mass is 264 g/mol. The SMILES string of the molecule is COC(=O)c1ccc(CNc2ccc(O)c(F)c2)[nH]1. The lowest BCUT2D eigenvalue weighted by molar-refractivity contribution is 0.0594. The molecule has 100 valence electrons. The van der Waals surface area contributed by atoms with Crippen LogP contribution in [0.1, 0.15) is 16.2 Å². The number of aromatic nitrogens is 1. The zero-order valence-electron chi connectivity index (χ0n) is 10.2. The molecule has 6 heteroatoms. The van der Waals surface area contributed by atoms with E-state index in [0.29, 0.717) is 17.9 Å². The Morgan fingerprint density at radius 3 is 2.89 bits per heavy atom. The van der Waals surface area contributed by atoms with Crippen LogP contribution in [0.5, 0.6) is 5.75 Å². The van der Waals surface area contributed by atoms with Crippen LogP contribution in [0.4, 0.5) is 10.1 Å². The first-order chi connectivity index (χ1) is 9.10. The quantitative estimate of drug-likeness (QED) is 0.585. The van der Waals surface area contributed by atoms with Gasteiger partial charge in [0.2, 0.25) is 0 Å². The third-order valence-electron chi connectivity index (χ3n) is 2.58. The van der Waals surface area contributed by atoms with E-state index in [2.05, 4.69) is 15.0 Å². The molecule has 2 aromatic rings. The first-order valence-electron chi connectivity index (χ1n) is 5.58. The topological polar surface area (TPSA) is 74.3 Å². The molecule has 0 spiro atoms. The molecule has 1 aromatic heterocycles. The summed E-state index contributed by atoms with van der Waals surface area (Å²) in [5.41, 5.74) is 1.65. The maximum Gasteiger partial charge on any atom is 0.354 e. The molecule has 0 aliphatic heterocycles. The number of carbonyl (C=O) groups is 1. The molecule has 0 atom stereocenters. The number of methoxy groups -OCH3 is 1. The maximum atomic E-state index is 13.1. The number of esters is 1. The first-order valence-corrected chi connectivity index (χ1v) is 5.58. The predicted octanol–water partition coefficient (Wildman–Crippen LogP) is 2.26. The van der Waals surface area contributed by atoms with E-state index in [1.165, 1.54) is 19.2 Å². The molecule has 0 aliphatic carbocycles. The number of carbonyl (C=O) groups excluding carboxylic acids is 1. The van der Waals surface area contributed by atoms with Crippen LogP contribution in [0.2, 0.25) is 0 Å². The van der Waals surface area contributed by atoms with Gasteiger partial charge in [0.25, 0.3) is 0 Å². The number of hydrogen-bond donors (Lipinski definition) is 3. The van der Waals surface area contributed by atoms with E-state index in [0.717, 1.165) is 5.69 Å². The number of phenolic OH excluding ortho intramolecular Hbond substituents is 1. The van der Waals surface area contributed by atoms with E-state index in [1.54, 1.807) is 18.2 Å². The normalized spacial score (nSPS) is 10.2. The average molecular weight is 264 g/mol. The van der Waals surface area contributed by atoms with E-state index in [4.69, 9.17) is 5.11 Å². The molecule has 3 N–H and O–H groups in total. The van der Waals surface area contributed by atoms with Crippen LogP contribution >= 0.6 is 0 Å². The second-order valence-electron chi connectivity index (χ2n) is 3.91. The number of anilines is 1. The summed E-state index contributed by atoms with van der Waals surface area (Å²) >= 11 is 0. The van der Waals surface area contributed by atoms with Gasteiger partial charge in [-0.15, -0.1) is 0 Å². The fraction of sp³-hybridized carbons (Fsp3) is 0.154. The number of halogens is 1. The molecule has 5 nitrogen and oxygen atoms in total. The molecule has 0 radical (unpaired) electrons. The number of rotatable bonds is 4. The number of ether oxygens (including phenoxy) is 1. The van der Waals surface area contributed by atoms with Crippen molar-refractivity contribution in [3.63, 3.8) is 0 Å². The van der Waals surface area contributed by atoms with Gasteiger partial charge in [-0.25, -0.2) is 9.18 Å². The average Bonchev–Trinajstić information content (AvgIpc) is 2.88. The van der Waals surface area contributed by atoms with Gasteiger partial charge in [-0.1, -0.05) is 0 Å². The van der Waals surface area contributed by atoms with Gasteiger partial charge in [-0.2, -0.15) is 0 Å². The van der Waals surface area contributed by atoms with Gasteiger partial charge >= 0.3 is 5.97 Å². The summed E-state index contributed by atoms with van der Waals surface area (Å²) in [6.07, 6.45) is 0. The van der Waals surface area contributed by atoms with Crippen LogP contribution in [-0.4, -0.2) is 23.2 Å². The van der Waals surface area contributed by atoms with Crippen molar-refractivity contribution in [2.24, 2.45) is 0 Å². The summed E-state index contributed by atoms with van der Waals surface area (Å²) in [6, 6.07) is 7.37. The highest BCUT2D eigenvalue weighted by Gasteiger charge is 2.08. The molecule has 2 rings (SSSR count). The summed E-state index contributed by atoms with van der Waals surface area (Å²) in [5.74, 6) is -1.52. The lowest BCUT2D eigenvalue weighted by atomic mass is 10.3. The van der Waals surface area contributed by atoms with Crippen LogP contribution < -0.4 is 5.32 Å². The highest BCUT2D eigenvalue weighted by molar-refractivity contribution is 5.87. The molecule has 0 fully saturated rings. The summed E-state index contributed by atoms with van der Waals surface area (Å²) in [6.45, 7) is 0.390. The van der Waals surface area contributed by atoms with Crippen molar-refractivity contribution >= 4 is 11.7 Å². The summed E-state index contributed by atoms with van der Waals surface area (Å²) in [7, 11) is 1.31. The van der Waals surface area contributed by atoms with Crippen molar-refractivity contribution in [3.8, 4) is 5.75 Å². The Morgan fingerprint density at radius 2 is 2.21 bits per heavy atom. The molecule has 0 saturated carbocycles. The minimum Gasteiger partial charge on any atom is -0.505 e. The van der Waals surface area contributed by atoms with Crippen LogP contribution in [0.25, 0.3) is 0 Å². The fourth-order valence-corrected chi connectivity index (χ4v) is 1.59. The highest BCUT2D eigenvalue weighted by Crippen LogP contribution is 2.19. The van der Waals surface area contributed by atoms with Gasteiger partial charge in [-0.3, -0.25) is 0 Å². The van der Waals surface area contributed by atoms with E-state index in [-0.39, 0.29) is 0 Å². The smallest absolute Gasteiger partial charge is 0.354 e. The lowest BCUT2D eigenvalue weighted by Crippen LogP contribution is -2.03. The van der Waals surface area contributed by atoms with Crippen LogP contribution in [0.3, 0.4) is 0 Å². The van der Waals surface area contributed by atoms with Gasteiger partial charge in [-0.05, 0) is 24.3 Å². The van der Waals surface area contributed by atoms with Crippen molar-refractivity contribution in [1.29, 1.82) is 0 Å². The molecule has 0 amide bonds. The van der Waals surface area contributed by atoms with E-state index < -0.39 is 17.5 Å². The fourth-order valence-electron chi connectivity index (χ4n) is 1.59. The number of H-pyrrole nitrogens is 1. The molecule has 0 bridgehead atoms. The molecule has 19 heavy (non-hydrogen) atoms. The molecule has 1 aromatic carbocycles. The van der Waals surface area contributed by atoms with Crippen molar-refractivity contribution in [2.45, 2.75) is 6.54 Å². The number of aromatic amines is 1. The van der Waals surface area contributed by atoms with E-state index in [9.17, 15) is 9.18 Å². The van der Waals surface area contributed by atoms with Gasteiger partial charge < -0.3 is 20.1 Å². The van der Waals surface area contributed by atoms with Gasteiger partial charge in [0, 0.05) is 17.4 Å². The molecular formula is C13H13FN2O3. The Balaban J connectivity index is 2.00. The van der Waals surface area contributed by atoms with Crippen molar-refractivity contribution in [1.82, 2.24) is 4.98 Å². The van der Waals surface area contributed by atoms with Crippen LogP contribution in [0, 0.1) is 5.82 Å². The van der Waals surface area contributed by atoms with Crippen molar-refractivity contribution in [3.05, 3.63) is 47.5 Å². The maximum absolute atomic E-state index is 13.1. The van der Waals surface area contributed by atoms with Gasteiger partial charge in [0.15, 0.2) is 11.6 Å². The number of phenols is 1. The van der Waals surface area contributed by atoms with Crippen LogP contribution in [0.15, 0.2) is 30.3 Å². The highest BCUT2D eigenvalue weighted by atomic mass is 19.1. The Hall–Kier alpha value is -2.50. The largest absolute Gasteiger partial charge is 0.505 e. The number of benzene rings is 1. The minimum absolute atomic E-state index is 0.358. The second-order valence-corrected chi connectivity index (χ2v) is 3.91. The number of aromatic hydroxyl groups is 1. The van der Waals surface area contributed by atoms with E-state index in [1.807, 2.05) is 0 Å². The second kappa shape index (κ2) is 5.43. The molecule has 0 unspecified atom stereocenters. The Labute approximate surface area is 109 Å². The number of hydrogen-bond acceptors (Lipinski definition) is 4. The zero-order chi connectivity index (χ0) is 13.8. The summed E-state index contributed by atoms with van der Waals surface area (Å²) in [4.78, 5) is 14.1. The molecule has 1 heterocycles.